The molecule has 0 bridgehead atoms. The molecule has 0 spiro atoms. The lowest BCUT2D eigenvalue weighted by Gasteiger charge is -2.20. The van der Waals surface area contributed by atoms with Crippen molar-refractivity contribution in [3.63, 3.8) is 0 Å². The lowest BCUT2D eigenvalue weighted by atomic mass is 10.1. The van der Waals surface area contributed by atoms with Crippen molar-refractivity contribution in [3.05, 3.63) is 64.0 Å². The summed E-state index contributed by atoms with van der Waals surface area (Å²) in [6.45, 7) is 3.88. The summed E-state index contributed by atoms with van der Waals surface area (Å²) in [7, 11) is 0. The number of carbonyl (C=O) groups is 1. The van der Waals surface area contributed by atoms with E-state index >= 15 is 0 Å². The van der Waals surface area contributed by atoms with Crippen LogP contribution in [0.3, 0.4) is 0 Å². The fraction of sp³-hybridized carbons (Fsp3) is 0.250. The Morgan fingerprint density at radius 1 is 1.30 bits per heavy atom. The molecule has 0 aliphatic carbocycles. The van der Waals surface area contributed by atoms with E-state index in [2.05, 4.69) is 20.2 Å². The molecule has 0 saturated heterocycles. The Hall–Kier alpha value is -2.98. The zero-order chi connectivity index (χ0) is 20.7. The predicted octanol–water partition coefficient (Wildman–Crippen LogP) is 3.87. The summed E-state index contributed by atoms with van der Waals surface area (Å²) in [6.07, 6.45) is 2.24. The zero-order valence-electron chi connectivity index (χ0n) is 16.3. The van der Waals surface area contributed by atoms with Crippen LogP contribution < -0.4 is 0 Å². The third-order valence-electron chi connectivity index (χ3n) is 4.77. The van der Waals surface area contributed by atoms with E-state index < -0.39 is 0 Å². The standard InChI is InChI=1S/C20H18N6O2S2/c1-12-9-13(2)25-19(21-12)22-20(24-25)30-11-18(27)26-15(17-6-4-8-29-17)10-14(23-26)16-5-3-7-28-16/h3-9,15H,10-11H2,1-2H3/t15-/m1/s1. The molecule has 0 radical (unpaired) electrons. The average molecular weight is 439 g/mol. The molecule has 1 amide bonds. The van der Waals surface area contributed by atoms with Gasteiger partial charge in [0.05, 0.1) is 18.1 Å². The van der Waals surface area contributed by atoms with Crippen molar-refractivity contribution in [1.29, 1.82) is 0 Å². The summed E-state index contributed by atoms with van der Waals surface area (Å²) < 4.78 is 7.19. The van der Waals surface area contributed by atoms with Crippen LogP contribution in [0.25, 0.3) is 5.78 Å². The third-order valence-corrected chi connectivity index (χ3v) is 6.56. The van der Waals surface area contributed by atoms with E-state index in [1.54, 1.807) is 27.1 Å². The first-order chi connectivity index (χ1) is 14.6. The van der Waals surface area contributed by atoms with Gasteiger partial charge in [0, 0.05) is 22.7 Å². The molecule has 10 heteroatoms. The van der Waals surface area contributed by atoms with Crippen molar-refractivity contribution >= 4 is 40.5 Å². The van der Waals surface area contributed by atoms with Crippen LogP contribution in [0.5, 0.6) is 0 Å². The van der Waals surface area contributed by atoms with Crippen molar-refractivity contribution in [3.8, 4) is 0 Å². The smallest absolute Gasteiger partial charge is 0.253 e. The van der Waals surface area contributed by atoms with Gasteiger partial charge in [-0.15, -0.1) is 16.4 Å². The number of rotatable bonds is 5. The molecular weight excluding hydrogens is 420 g/mol. The maximum atomic E-state index is 13.1. The number of aromatic nitrogens is 4. The Kier molecular flexibility index (Phi) is 4.87. The summed E-state index contributed by atoms with van der Waals surface area (Å²) in [4.78, 5) is 23.0. The van der Waals surface area contributed by atoms with Gasteiger partial charge >= 0.3 is 0 Å². The van der Waals surface area contributed by atoms with E-state index in [0.29, 0.717) is 23.1 Å². The van der Waals surface area contributed by atoms with E-state index in [0.717, 1.165) is 22.0 Å². The Bertz CT molecular complexity index is 1230. The predicted molar refractivity (Wildman–Crippen MR) is 115 cm³/mol. The Balaban J connectivity index is 1.36. The number of aryl methyl sites for hydroxylation is 2. The van der Waals surface area contributed by atoms with Crippen LogP contribution in [0.4, 0.5) is 0 Å². The van der Waals surface area contributed by atoms with Crippen LogP contribution in [0.2, 0.25) is 0 Å². The van der Waals surface area contributed by atoms with Crippen LogP contribution in [0.15, 0.2) is 56.7 Å². The molecule has 30 heavy (non-hydrogen) atoms. The normalized spacial score (nSPS) is 16.4. The van der Waals surface area contributed by atoms with Crippen molar-refractivity contribution < 1.29 is 9.21 Å². The molecule has 1 aliphatic rings. The van der Waals surface area contributed by atoms with Gasteiger partial charge in [-0.25, -0.2) is 14.5 Å². The highest BCUT2D eigenvalue weighted by Crippen LogP contribution is 2.35. The van der Waals surface area contributed by atoms with Crippen molar-refractivity contribution in [2.45, 2.75) is 31.5 Å². The van der Waals surface area contributed by atoms with Crippen LogP contribution in [-0.4, -0.2) is 42.0 Å². The highest BCUT2D eigenvalue weighted by Gasteiger charge is 2.34. The summed E-state index contributed by atoms with van der Waals surface area (Å²) in [6, 6.07) is 9.53. The summed E-state index contributed by atoms with van der Waals surface area (Å²) in [5, 5.41) is 13.2. The largest absolute Gasteiger partial charge is 0.463 e. The van der Waals surface area contributed by atoms with E-state index in [4.69, 9.17) is 4.42 Å². The number of carbonyl (C=O) groups excluding carboxylic acids is 1. The zero-order valence-corrected chi connectivity index (χ0v) is 18.0. The third kappa shape index (κ3) is 3.52. The molecule has 152 valence electrons. The number of nitrogens with zero attached hydrogens (tertiary/aromatic N) is 6. The van der Waals surface area contributed by atoms with Gasteiger partial charge in [-0.2, -0.15) is 10.1 Å². The lowest BCUT2D eigenvalue weighted by molar-refractivity contribution is -0.130. The summed E-state index contributed by atoms with van der Waals surface area (Å²) in [5.41, 5.74) is 2.61. The molecule has 0 N–H and O–H groups in total. The van der Waals surface area contributed by atoms with Gasteiger partial charge in [0.2, 0.25) is 5.16 Å². The van der Waals surface area contributed by atoms with Crippen molar-refractivity contribution in [1.82, 2.24) is 24.6 Å². The Morgan fingerprint density at radius 2 is 2.20 bits per heavy atom. The van der Waals surface area contributed by atoms with Gasteiger partial charge < -0.3 is 4.42 Å². The number of hydrogen-bond acceptors (Lipinski definition) is 8. The second-order valence-corrected chi connectivity index (χ2v) is 8.85. The second-order valence-electron chi connectivity index (χ2n) is 6.93. The van der Waals surface area contributed by atoms with Crippen molar-refractivity contribution in [2.24, 2.45) is 5.10 Å². The first-order valence-electron chi connectivity index (χ1n) is 9.39. The molecule has 0 unspecified atom stereocenters. The summed E-state index contributed by atoms with van der Waals surface area (Å²) >= 11 is 2.91. The Labute approximate surface area is 180 Å². The van der Waals surface area contributed by atoms with Crippen LogP contribution in [0, 0.1) is 13.8 Å². The number of hydrogen-bond donors (Lipinski definition) is 0. The molecule has 1 atom stereocenters. The molecule has 4 aromatic heterocycles. The van der Waals surface area contributed by atoms with Gasteiger partial charge in [0.15, 0.2) is 0 Å². The topological polar surface area (TPSA) is 88.9 Å². The Morgan fingerprint density at radius 3 is 2.97 bits per heavy atom. The minimum atomic E-state index is -0.126. The number of furan rings is 1. The molecule has 5 rings (SSSR count). The number of fused-ring (bicyclic) bond motifs is 1. The van der Waals surface area contributed by atoms with Crippen molar-refractivity contribution in [2.75, 3.05) is 5.75 Å². The second kappa shape index (κ2) is 7.69. The van der Waals surface area contributed by atoms with E-state index in [9.17, 15) is 4.79 Å². The quantitative estimate of drug-likeness (QED) is 0.440. The number of thioether (sulfide) groups is 1. The molecule has 0 fully saturated rings. The maximum absolute atomic E-state index is 13.1. The monoisotopic (exact) mass is 438 g/mol. The first kappa shape index (κ1) is 19.0. The fourth-order valence-corrected chi connectivity index (χ4v) is 4.92. The van der Waals surface area contributed by atoms with Gasteiger partial charge in [-0.05, 0) is 43.5 Å². The van der Waals surface area contributed by atoms with E-state index in [-0.39, 0.29) is 17.7 Å². The minimum absolute atomic E-state index is 0.0975. The van der Waals surface area contributed by atoms with Crippen LogP contribution in [0.1, 0.15) is 34.5 Å². The van der Waals surface area contributed by atoms with E-state index in [1.165, 1.54) is 11.8 Å². The molecule has 5 heterocycles. The highest BCUT2D eigenvalue weighted by molar-refractivity contribution is 7.99. The van der Waals surface area contributed by atoms with Crippen LogP contribution in [-0.2, 0) is 4.79 Å². The molecular formula is C20H18N6O2S2. The molecule has 1 aliphatic heterocycles. The average Bonchev–Trinajstić information content (AvgIpc) is 3.51. The van der Waals surface area contributed by atoms with E-state index in [1.807, 2.05) is 49.6 Å². The molecule has 0 aromatic carbocycles. The number of hydrazone groups is 1. The maximum Gasteiger partial charge on any atom is 0.253 e. The summed E-state index contributed by atoms with van der Waals surface area (Å²) in [5.74, 6) is 1.32. The fourth-order valence-electron chi connectivity index (χ4n) is 3.44. The minimum Gasteiger partial charge on any atom is -0.463 e. The SMILES string of the molecule is Cc1cc(C)n2nc(SCC(=O)N3N=C(c4ccco4)C[C@@H]3c3cccs3)nc2n1. The number of amides is 1. The number of thiophene rings is 1. The van der Waals surface area contributed by atoms with Gasteiger partial charge in [-0.1, -0.05) is 17.8 Å². The lowest BCUT2D eigenvalue weighted by Crippen LogP contribution is -2.28. The first-order valence-corrected chi connectivity index (χ1v) is 11.3. The highest BCUT2D eigenvalue weighted by atomic mass is 32.2. The van der Waals surface area contributed by atoms with Crippen LogP contribution >= 0.6 is 23.1 Å². The molecule has 8 nitrogen and oxygen atoms in total. The van der Waals surface area contributed by atoms with Gasteiger partial charge in [0.1, 0.15) is 11.5 Å². The molecule has 0 saturated carbocycles. The van der Waals surface area contributed by atoms with Gasteiger partial charge in [0.25, 0.3) is 11.7 Å². The van der Waals surface area contributed by atoms with Gasteiger partial charge in [-0.3, -0.25) is 4.79 Å². The molecule has 4 aromatic rings.